The van der Waals surface area contributed by atoms with Crippen LogP contribution < -0.4 is 5.73 Å². The Morgan fingerprint density at radius 2 is 2.07 bits per heavy atom. The minimum Gasteiger partial charge on any atom is -0.383 e. The third-order valence-electron chi connectivity index (χ3n) is 3.01. The van der Waals surface area contributed by atoms with Gasteiger partial charge in [-0.25, -0.2) is 9.97 Å². The van der Waals surface area contributed by atoms with Crippen molar-refractivity contribution in [3.05, 3.63) is 17.1 Å². The van der Waals surface area contributed by atoms with Crippen molar-refractivity contribution in [3.63, 3.8) is 0 Å². The second-order valence-electron chi connectivity index (χ2n) is 4.22. The monoisotopic (exact) mass is 190 g/mol. The fourth-order valence-corrected chi connectivity index (χ4v) is 2.13. The molecular weight excluding hydrogens is 176 g/mol. The number of nitrogens with two attached hydrogens (primary N) is 1. The highest BCUT2D eigenvalue weighted by Gasteiger charge is 2.34. The van der Waals surface area contributed by atoms with Gasteiger partial charge in [0.1, 0.15) is 11.6 Å². The maximum Gasteiger partial charge on any atom is 0.131 e. The molecule has 2 N–H and O–H groups in total. The summed E-state index contributed by atoms with van der Waals surface area (Å²) in [7, 11) is 0. The molecule has 1 fully saturated rings. The van der Waals surface area contributed by atoms with Crippen LogP contribution in [0.3, 0.4) is 0 Å². The smallest absolute Gasteiger partial charge is 0.131 e. The molecule has 1 aromatic heterocycles. The molecule has 3 rings (SSSR count). The number of hydrogen-bond donors (Lipinski definition) is 1. The van der Waals surface area contributed by atoms with Crippen molar-refractivity contribution in [2.24, 2.45) is 0 Å². The summed E-state index contributed by atoms with van der Waals surface area (Å²) in [5.41, 5.74) is 8.17. The number of anilines is 1. The van der Waals surface area contributed by atoms with E-state index >= 15 is 0 Å². The maximum absolute atomic E-state index is 5.88. The Hall–Kier alpha value is -1.16. The van der Waals surface area contributed by atoms with Crippen LogP contribution in [0.15, 0.2) is 0 Å². The van der Waals surface area contributed by atoms with E-state index in [1.807, 2.05) is 6.92 Å². The van der Waals surface area contributed by atoms with E-state index in [-0.39, 0.29) is 0 Å². The van der Waals surface area contributed by atoms with Gasteiger partial charge in [-0.3, -0.25) is 4.90 Å². The summed E-state index contributed by atoms with van der Waals surface area (Å²) in [6, 6.07) is 0.781. The highest BCUT2D eigenvalue weighted by Crippen LogP contribution is 2.35. The van der Waals surface area contributed by atoms with Gasteiger partial charge in [-0.15, -0.1) is 0 Å². The molecule has 0 aromatic carbocycles. The molecule has 0 atom stereocenters. The van der Waals surface area contributed by atoms with Crippen LogP contribution in [0.5, 0.6) is 0 Å². The molecule has 2 heterocycles. The number of fused-ring (bicyclic) bond motifs is 1. The van der Waals surface area contributed by atoms with Crippen LogP contribution in [0.1, 0.15) is 29.9 Å². The van der Waals surface area contributed by atoms with Gasteiger partial charge >= 0.3 is 0 Å². The fraction of sp³-hybridized carbons (Fsp3) is 0.600. The lowest BCUT2D eigenvalue weighted by atomic mass is 10.2. The van der Waals surface area contributed by atoms with Crippen molar-refractivity contribution in [1.29, 1.82) is 0 Å². The third-order valence-corrected chi connectivity index (χ3v) is 3.01. The second kappa shape index (κ2) is 2.67. The summed E-state index contributed by atoms with van der Waals surface area (Å²) < 4.78 is 0. The van der Waals surface area contributed by atoms with Crippen molar-refractivity contribution in [1.82, 2.24) is 14.9 Å². The molecule has 4 nitrogen and oxygen atoms in total. The molecule has 2 aliphatic rings. The first-order chi connectivity index (χ1) is 6.74. The standard InChI is InChI=1S/C10H14N4/c1-6-12-9-5-14(7-2-3-7)4-8(9)10(11)13-6/h7H,2-5H2,1H3,(H2,11,12,13). The molecule has 14 heavy (non-hydrogen) atoms. The lowest BCUT2D eigenvalue weighted by Gasteiger charge is -2.11. The van der Waals surface area contributed by atoms with Crippen LogP contribution in [0.4, 0.5) is 5.82 Å². The zero-order valence-electron chi connectivity index (χ0n) is 8.32. The molecule has 0 unspecified atom stereocenters. The van der Waals surface area contributed by atoms with E-state index in [9.17, 15) is 0 Å². The summed E-state index contributed by atoms with van der Waals surface area (Å²) in [5, 5.41) is 0. The van der Waals surface area contributed by atoms with Crippen LogP contribution in [-0.4, -0.2) is 20.9 Å². The van der Waals surface area contributed by atoms with Crippen molar-refractivity contribution < 1.29 is 0 Å². The van der Waals surface area contributed by atoms with Crippen molar-refractivity contribution in [3.8, 4) is 0 Å². The van der Waals surface area contributed by atoms with E-state index in [0.29, 0.717) is 5.82 Å². The second-order valence-corrected chi connectivity index (χ2v) is 4.22. The average molecular weight is 190 g/mol. The number of nitrogens with zero attached hydrogens (tertiary/aromatic N) is 3. The number of aromatic nitrogens is 2. The van der Waals surface area contributed by atoms with Gasteiger partial charge in [0.2, 0.25) is 0 Å². The molecule has 1 aliphatic heterocycles. The lowest BCUT2D eigenvalue weighted by Crippen LogP contribution is -2.18. The van der Waals surface area contributed by atoms with Crippen molar-refractivity contribution in [2.75, 3.05) is 5.73 Å². The predicted molar refractivity (Wildman–Crippen MR) is 53.5 cm³/mol. The predicted octanol–water partition coefficient (Wildman–Crippen LogP) is 0.845. The first-order valence-corrected chi connectivity index (χ1v) is 5.10. The van der Waals surface area contributed by atoms with Crippen molar-refractivity contribution >= 4 is 5.82 Å². The van der Waals surface area contributed by atoms with Crippen LogP contribution in [0.2, 0.25) is 0 Å². The van der Waals surface area contributed by atoms with Crippen LogP contribution >= 0.6 is 0 Å². The van der Waals surface area contributed by atoms with Gasteiger partial charge in [0.25, 0.3) is 0 Å². The molecule has 0 saturated heterocycles. The Morgan fingerprint density at radius 1 is 1.29 bits per heavy atom. The Balaban J connectivity index is 1.96. The van der Waals surface area contributed by atoms with E-state index in [2.05, 4.69) is 14.9 Å². The van der Waals surface area contributed by atoms with Gasteiger partial charge in [-0.1, -0.05) is 0 Å². The van der Waals surface area contributed by atoms with Gasteiger partial charge in [-0.2, -0.15) is 0 Å². The van der Waals surface area contributed by atoms with Gasteiger partial charge in [0, 0.05) is 24.7 Å². The highest BCUT2D eigenvalue weighted by molar-refractivity contribution is 5.44. The van der Waals surface area contributed by atoms with E-state index in [1.54, 1.807) is 0 Å². The van der Waals surface area contributed by atoms with Crippen LogP contribution in [0.25, 0.3) is 0 Å². The zero-order valence-corrected chi connectivity index (χ0v) is 8.32. The zero-order chi connectivity index (χ0) is 9.71. The summed E-state index contributed by atoms with van der Waals surface area (Å²) in [6.07, 6.45) is 2.67. The largest absolute Gasteiger partial charge is 0.383 e. The molecule has 0 amide bonds. The first-order valence-electron chi connectivity index (χ1n) is 5.10. The number of hydrogen-bond acceptors (Lipinski definition) is 4. The quantitative estimate of drug-likeness (QED) is 0.713. The van der Waals surface area contributed by atoms with E-state index in [0.717, 1.165) is 36.2 Å². The SMILES string of the molecule is Cc1nc(N)c2c(n1)CN(C1CC1)C2. The maximum atomic E-state index is 5.88. The van der Waals surface area contributed by atoms with E-state index in [4.69, 9.17) is 5.73 Å². The number of nitrogen functional groups attached to an aromatic ring is 1. The van der Waals surface area contributed by atoms with Gasteiger partial charge in [0.15, 0.2) is 0 Å². The summed E-state index contributed by atoms with van der Waals surface area (Å²) in [5.74, 6) is 1.47. The number of aryl methyl sites for hydroxylation is 1. The van der Waals surface area contributed by atoms with Crippen LogP contribution in [0, 0.1) is 6.92 Å². The Morgan fingerprint density at radius 3 is 2.79 bits per heavy atom. The minimum absolute atomic E-state index is 0.677. The molecule has 0 spiro atoms. The summed E-state index contributed by atoms with van der Waals surface area (Å²) >= 11 is 0. The van der Waals surface area contributed by atoms with Gasteiger partial charge in [-0.05, 0) is 19.8 Å². The highest BCUT2D eigenvalue weighted by atomic mass is 15.2. The molecular formula is C10H14N4. The summed E-state index contributed by atoms with van der Waals surface area (Å²) in [4.78, 5) is 11.1. The lowest BCUT2D eigenvalue weighted by molar-refractivity contribution is 0.272. The molecule has 4 heteroatoms. The molecule has 0 bridgehead atoms. The first kappa shape index (κ1) is 8.17. The van der Waals surface area contributed by atoms with Gasteiger partial charge in [0.05, 0.1) is 5.69 Å². The van der Waals surface area contributed by atoms with Crippen LogP contribution in [-0.2, 0) is 13.1 Å². The van der Waals surface area contributed by atoms with Crippen molar-refractivity contribution in [2.45, 2.75) is 38.9 Å². The Labute approximate surface area is 83.1 Å². The average Bonchev–Trinajstić information content (AvgIpc) is 2.87. The number of rotatable bonds is 1. The van der Waals surface area contributed by atoms with E-state index in [1.165, 1.54) is 12.8 Å². The molecule has 1 aromatic rings. The molecule has 1 aliphatic carbocycles. The minimum atomic E-state index is 0.677. The molecule has 74 valence electrons. The summed E-state index contributed by atoms with van der Waals surface area (Å²) in [6.45, 7) is 3.82. The molecule has 1 saturated carbocycles. The third kappa shape index (κ3) is 1.18. The fourth-order valence-electron chi connectivity index (χ4n) is 2.13. The van der Waals surface area contributed by atoms with E-state index < -0.39 is 0 Å². The topological polar surface area (TPSA) is 55.0 Å². The molecule has 0 radical (unpaired) electrons. The van der Waals surface area contributed by atoms with Gasteiger partial charge < -0.3 is 5.73 Å². The normalized spacial score (nSPS) is 21.2. The Kier molecular flexibility index (Phi) is 1.56. The Bertz CT molecular complexity index is 384.